The molecule has 0 bridgehead atoms. The van der Waals surface area contributed by atoms with Crippen LogP contribution in [0, 0.1) is 5.92 Å². The summed E-state index contributed by atoms with van der Waals surface area (Å²) >= 11 is 0. The van der Waals surface area contributed by atoms with Crippen molar-refractivity contribution >= 4 is 11.9 Å². The molecule has 4 heteroatoms. The molecular weight excluding hydrogens is 208 g/mol. The molecule has 0 aliphatic carbocycles. The van der Waals surface area contributed by atoms with Gasteiger partial charge in [0.2, 0.25) is 0 Å². The molecule has 86 valence electrons. The van der Waals surface area contributed by atoms with Crippen LogP contribution in [-0.4, -0.2) is 22.2 Å². The summed E-state index contributed by atoms with van der Waals surface area (Å²) in [5.74, 6) is -2.29. The predicted octanol–water partition coefficient (Wildman–Crippen LogP) is 2.04. The van der Waals surface area contributed by atoms with Crippen LogP contribution in [0.4, 0.5) is 0 Å². The van der Waals surface area contributed by atoms with Crippen molar-refractivity contribution in [3.63, 3.8) is 0 Å². The summed E-state index contributed by atoms with van der Waals surface area (Å²) < 4.78 is 0. The Morgan fingerprint density at radius 2 is 2.00 bits per heavy atom. The second kappa shape index (κ2) is 5.30. The van der Waals surface area contributed by atoms with Gasteiger partial charge in [0.05, 0.1) is 11.5 Å². The third kappa shape index (κ3) is 3.08. The number of carbonyl (C=O) groups is 2. The van der Waals surface area contributed by atoms with Gasteiger partial charge in [-0.25, -0.2) is 4.79 Å². The monoisotopic (exact) mass is 222 g/mol. The molecule has 0 aliphatic heterocycles. The van der Waals surface area contributed by atoms with Crippen molar-refractivity contribution in [3.05, 3.63) is 35.4 Å². The van der Waals surface area contributed by atoms with Gasteiger partial charge >= 0.3 is 11.9 Å². The standard InChI is InChI=1S/C12H14O4/c1-2-9(11(13)14)6-8-4-3-5-10(7-8)12(15)16/h3-5,7,9H,2,6H2,1H3,(H,13,14)(H,15,16). The molecule has 16 heavy (non-hydrogen) atoms. The molecule has 1 aromatic rings. The number of benzene rings is 1. The normalized spacial score (nSPS) is 12.1. The minimum atomic E-state index is -0.995. The van der Waals surface area contributed by atoms with Crippen LogP contribution < -0.4 is 0 Å². The minimum absolute atomic E-state index is 0.192. The van der Waals surface area contributed by atoms with Crippen LogP contribution in [0.2, 0.25) is 0 Å². The molecule has 0 spiro atoms. The van der Waals surface area contributed by atoms with Gasteiger partial charge in [-0.3, -0.25) is 4.79 Å². The highest BCUT2D eigenvalue weighted by Gasteiger charge is 2.16. The van der Waals surface area contributed by atoms with E-state index in [0.717, 1.165) is 5.56 Å². The Morgan fingerprint density at radius 1 is 1.31 bits per heavy atom. The number of rotatable bonds is 5. The van der Waals surface area contributed by atoms with Crippen molar-refractivity contribution in [2.75, 3.05) is 0 Å². The van der Waals surface area contributed by atoms with Gasteiger partial charge in [0.15, 0.2) is 0 Å². The summed E-state index contributed by atoms with van der Waals surface area (Å²) in [5, 5.41) is 17.7. The molecule has 1 atom stereocenters. The summed E-state index contributed by atoms with van der Waals surface area (Å²) in [7, 11) is 0. The maximum atomic E-state index is 10.8. The molecule has 0 saturated carbocycles. The van der Waals surface area contributed by atoms with Crippen LogP contribution in [0.25, 0.3) is 0 Å². The number of hydrogen-bond donors (Lipinski definition) is 2. The zero-order valence-electron chi connectivity index (χ0n) is 9.01. The Labute approximate surface area is 93.5 Å². The fraction of sp³-hybridized carbons (Fsp3) is 0.333. The van der Waals surface area contributed by atoms with Gasteiger partial charge in [0.25, 0.3) is 0 Å². The molecule has 0 saturated heterocycles. The average molecular weight is 222 g/mol. The second-order valence-corrected chi connectivity index (χ2v) is 3.65. The van der Waals surface area contributed by atoms with Gasteiger partial charge in [0.1, 0.15) is 0 Å². The fourth-order valence-electron chi connectivity index (χ4n) is 1.52. The van der Waals surface area contributed by atoms with Crippen molar-refractivity contribution in [2.24, 2.45) is 5.92 Å². The third-order valence-electron chi connectivity index (χ3n) is 2.50. The van der Waals surface area contributed by atoms with E-state index in [-0.39, 0.29) is 5.56 Å². The van der Waals surface area contributed by atoms with Crippen LogP contribution in [0.5, 0.6) is 0 Å². The lowest BCUT2D eigenvalue weighted by atomic mass is 9.96. The number of aliphatic carboxylic acids is 1. The zero-order chi connectivity index (χ0) is 12.1. The smallest absolute Gasteiger partial charge is 0.335 e. The maximum Gasteiger partial charge on any atom is 0.335 e. The van der Waals surface area contributed by atoms with Crippen molar-refractivity contribution in [3.8, 4) is 0 Å². The van der Waals surface area contributed by atoms with E-state index < -0.39 is 17.9 Å². The Balaban J connectivity index is 2.84. The number of hydrogen-bond acceptors (Lipinski definition) is 2. The van der Waals surface area contributed by atoms with E-state index in [1.165, 1.54) is 12.1 Å². The molecule has 0 fully saturated rings. The Morgan fingerprint density at radius 3 is 2.50 bits per heavy atom. The minimum Gasteiger partial charge on any atom is -0.481 e. The predicted molar refractivity (Wildman–Crippen MR) is 58.5 cm³/mol. The molecule has 0 heterocycles. The van der Waals surface area contributed by atoms with Gasteiger partial charge in [-0.05, 0) is 30.5 Å². The van der Waals surface area contributed by atoms with Crippen LogP contribution in [0.15, 0.2) is 24.3 Å². The summed E-state index contributed by atoms with van der Waals surface area (Å²) in [4.78, 5) is 21.6. The Hall–Kier alpha value is -1.84. The summed E-state index contributed by atoms with van der Waals surface area (Å²) in [5.41, 5.74) is 0.937. The van der Waals surface area contributed by atoms with E-state index in [2.05, 4.69) is 0 Å². The van der Waals surface area contributed by atoms with Crippen molar-refractivity contribution in [1.82, 2.24) is 0 Å². The van der Waals surface area contributed by atoms with Gasteiger partial charge in [0, 0.05) is 0 Å². The quantitative estimate of drug-likeness (QED) is 0.799. The van der Waals surface area contributed by atoms with E-state index in [1.54, 1.807) is 19.1 Å². The van der Waals surface area contributed by atoms with Crippen LogP contribution in [0.1, 0.15) is 29.3 Å². The lowest BCUT2D eigenvalue weighted by Crippen LogP contribution is -2.15. The first-order chi connectivity index (χ1) is 7.54. The molecule has 1 aromatic carbocycles. The van der Waals surface area contributed by atoms with Crippen molar-refractivity contribution in [2.45, 2.75) is 19.8 Å². The highest BCUT2D eigenvalue weighted by molar-refractivity contribution is 5.87. The van der Waals surface area contributed by atoms with E-state index in [1.807, 2.05) is 0 Å². The van der Waals surface area contributed by atoms with Crippen LogP contribution in [0.3, 0.4) is 0 Å². The summed E-state index contributed by atoms with van der Waals surface area (Å²) in [6.07, 6.45) is 0.902. The molecule has 0 aliphatic rings. The first kappa shape index (κ1) is 12.2. The SMILES string of the molecule is CCC(Cc1cccc(C(=O)O)c1)C(=O)O. The van der Waals surface area contributed by atoms with Crippen molar-refractivity contribution < 1.29 is 19.8 Å². The lowest BCUT2D eigenvalue weighted by Gasteiger charge is -2.09. The summed E-state index contributed by atoms with van der Waals surface area (Å²) in [6, 6.07) is 6.40. The molecule has 0 radical (unpaired) electrons. The van der Waals surface area contributed by atoms with E-state index >= 15 is 0 Å². The zero-order valence-corrected chi connectivity index (χ0v) is 9.01. The highest BCUT2D eigenvalue weighted by atomic mass is 16.4. The van der Waals surface area contributed by atoms with Crippen LogP contribution >= 0.6 is 0 Å². The van der Waals surface area contributed by atoms with Crippen molar-refractivity contribution in [1.29, 1.82) is 0 Å². The molecule has 0 aromatic heterocycles. The maximum absolute atomic E-state index is 10.8. The molecule has 2 N–H and O–H groups in total. The number of aromatic carboxylic acids is 1. The van der Waals surface area contributed by atoms with Gasteiger partial charge in [-0.15, -0.1) is 0 Å². The fourth-order valence-corrected chi connectivity index (χ4v) is 1.52. The molecule has 0 amide bonds. The average Bonchev–Trinajstić information content (AvgIpc) is 2.25. The molecule has 1 rings (SSSR count). The molecular formula is C12H14O4. The van der Waals surface area contributed by atoms with Gasteiger partial charge in [-0.1, -0.05) is 19.1 Å². The lowest BCUT2D eigenvalue weighted by molar-refractivity contribution is -0.141. The third-order valence-corrected chi connectivity index (χ3v) is 2.50. The van der Waals surface area contributed by atoms with Crippen LogP contribution in [-0.2, 0) is 11.2 Å². The molecule has 1 unspecified atom stereocenters. The summed E-state index contributed by atoms with van der Waals surface area (Å²) in [6.45, 7) is 1.81. The second-order valence-electron chi connectivity index (χ2n) is 3.65. The molecule has 4 nitrogen and oxygen atoms in total. The first-order valence-corrected chi connectivity index (χ1v) is 5.09. The number of carboxylic acids is 2. The first-order valence-electron chi connectivity index (χ1n) is 5.09. The van der Waals surface area contributed by atoms with Gasteiger partial charge in [-0.2, -0.15) is 0 Å². The Kier molecular flexibility index (Phi) is 4.05. The van der Waals surface area contributed by atoms with E-state index in [9.17, 15) is 9.59 Å². The topological polar surface area (TPSA) is 74.6 Å². The largest absolute Gasteiger partial charge is 0.481 e. The Bertz CT molecular complexity index is 398. The number of carboxylic acid groups (broad SMARTS) is 2. The van der Waals surface area contributed by atoms with E-state index in [4.69, 9.17) is 10.2 Å². The van der Waals surface area contributed by atoms with E-state index in [0.29, 0.717) is 12.8 Å². The highest BCUT2D eigenvalue weighted by Crippen LogP contribution is 2.14. The van der Waals surface area contributed by atoms with Gasteiger partial charge < -0.3 is 10.2 Å².